The lowest BCUT2D eigenvalue weighted by Crippen LogP contribution is -2.10. The minimum Gasteiger partial charge on any atom is -0.319 e. The van der Waals surface area contributed by atoms with E-state index in [4.69, 9.17) is 9.98 Å². The molecule has 8 rings (SSSR count). The molecule has 0 aliphatic heterocycles. The van der Waals surface area contributed by atoms with Crippen LogP contribution in [0.5, 0.6) is 0 Å². The molecule has 0 fully saturated rings. The van der Waals surface area contributed by atoms with Crippen molar-refractivity contribution in [3.8, 4) is 11.1 Å². The van der Waals surface area contributed by atoms with Gasteiger partial charge < -0.3 is 4.57 Å². The van der Waals surface area contributed by atoms with E-state index in [1.54, 1.807) is 12.2 Å². The monoisotopic (exact) mass is 706 g/mol. The van der Waals surface area contributed by atoms with E-state index < -0.39 is 0 Å². The van der Waals surface area contributed by atoms with Gasteiger partial charge in [-0.1, -0.05) is 161 Å². The number of aliphatic imine (C=N–C) groups is 3. The Balaban J connectivity index is 0.00000104. The molecule has 260 valence electrons. The predicted octanol–water partition coefficient (Wildman–Crippen LogP) is 13.0. The number of fused-ring (bicyclic) bond motifs is 7. The summed E-state index contributed by atoms with van der Waals surface area (Å²) in [4.78, 5) is 14.6. The Bertz CT molecular complexity index is 2650. The lowest BCUT2D eigenvalue weighted by atomic mass is 9.86. The first-order valence-corrected chi connectivity index (χ1v) is 18.5. The number of rotatable bonds is 6. The molecule has 53 heavy (non-hydrogen) atoms. The van der Waals surface area contributed by atoms with Crippen LogP contribution in [0.2, 0.25) is 0 Å². The van der Waals surface area contributed by atoms with Gasteiger partial charge in [-0.3, -0.25) is 0 Å². The molecular formula is C48H42N4S. The topological polar surface area (TPSA) is 42.0 Å². The summed E-state index contributed by atoms with van der Waals surface area (Å²) in [5.74, 6) is 1.16. The van der Waals surface area contributed by atoms with Crippen LogP contribution in [-0.4, -0.2) is 23.0 Å². The maximum Gasteiger partial charge on any atom is 0.161 e. The maximum absolute atomic E-state index is 5.24. The van der Waals surface area contributed by atoms with E-state index in [9.17, 15) is 0 Å². The van der Waals surface area contributed by atoms with Crippen molar-refractivity contribution in [3.05, 3.63) is 182 Å². The highest BCUT2D eigenvalue weighted by atomic mass is 32.1. The number of amidine groups is 2. The minimum absolute atomic E-state index is 0.0248. The number of nitrogens with zero attached hydrogens (tertiary/aromatic N) is 4. The Labute approximate surface area is 315 Å². The van der Waals surface area contributed by atoms with E-state index in [0.717, 1.165) is 16.6 Å². The first-order chi connectivity index (χ1) is 25.8. The molecule has 0 N–H and O–H groups in total. The van der Waals surface area contributed by atoms with Crippen molar-refractivity contribution in [2.45, 2.75) is 32.9 Å². The Hall–Kier alpha value is -6.17. The summed E-state index contributed by atoms with van der Waals surface area (Å²) in [5.41, 5.74) is 7.96. The van der Waals surface area contributed by atoms with E-state index in [1.807, 2.05) is 72.0 Å². The molecule has 0 saturated carbocycles. The van der Waals surface area contributed by atoms with Gasteiger partial charge in [0.2, 0.25) is 0 Å². The molecule has 0 aliphatic carbocycles. The van der Waals surface area contributed by atoms with Crippen LogP contribution >= 0.6 is 11.3 Å². The number of aromatic nitrogens is 1. The molecule has 0 bridgehead atoms. The fraction of sp³-hybridized carbons (Fsp3) is 0.104. The van der Waals surface area contributed by atoms with Crippen LogP contribution in [0.15, 0.2) is 180 Å². The minimum atomic E-state index is 0.0248. The number of benzene rings is 6. The second-order valence-electron chi connectivity index (χ2n) is 13.8. The van der Waals surface area contributed by atoms with Crippen molar-refractivity contribution in [1.29, 1.82) is 0 Å². The van der Waals surface area contributed by atoms with E-state index in [2.05, 4.69) is 129 Å². The van der Waals surface area contributed by atoms with Gasteiger partial charge in [0, 0.05) is 37.4 Å². The van der Waals surface area contributed by atoms with Crippen LogP contribution in [0.1, 0.15) is 37.5 Å². The van der Waals surface area contributed by atoms with Gasteiger partial charge in [0.05, 0.1) is 15.7 Å². The fourth-order valence-electron chi connectivity index (χ4n) is 6.64. The standard InChI is InChI=1S/C44H36N4S.C4H6/c1-44(2,3)33-21-24-38-36(27-33)34-22-23-35-37-26-32(29-14-8-5-9-15-29)20-25-39(37)49-41(35)40(34)48(38)28-46-43(31-18-12-7-13-19-31)47-42(45-4)30-16-10-6-11-17-30;1-3-4-2/h5-27H,4,28H2,1-3H3;3-4H,1-2H2/b46-43-,47-42?;. The van der Waals surface area contributed by atoms with Gasteiger partial charge in [0.1, 0.15) is 6.67 Å². The van der Waals surface area contributed by atoms with Crippen LogP contribution in [0.4, 0.5) is 0 Å². The molecule has 2 heterocycles. The van der Waals surface area contributed by atoms with Crippen LogP contribution in [0.25, 0.3) is 53.1 Å². The molecular weight excluding hydrogens is 665 g/mol. The Morgan fingerprint density at radius 1 is 0.642 bits per heavy atom. The van der Waals surface area contributed by atoms with E-state index >= 15 is 0 Å². The Kier molecular flexibility index (Phi) is 10.1. The third-order valence-electron chi connectivity index (χ3n) is 9.39. The summed E-state index contributed by atoms with van der Waals surface area (Å²) >= 11 is 1.86. The SMILES string of the molecule is C=CC=C.C=NC(=N/C(=N\Cn1c2ccc(C(C)(C)C)cc2c2ccc3c4cc(-c5ccccc5)ccc4sc3c21)c1ccccc1)c1ccccc1. The van der Waals surface area contributed by atoms with E-state index in [-0.39, 0.29) is 5.41 Å². The smallest absolute Gasteiger partial charge is 0.161 e. The summed E-state index contributed by atoms with van der Waals surface area (Å²) < 4.78 is 4.91. The lowest BCUT2D eigenvalue weighted by Gasteiger charge is -2.19. The average molecular weight is 707 g/mol. The molecule has 0 aliphatic rings. The molecule has 0 saturated heterocycles. The summed E-state index contributed by atoms with van der Waals surface area (Å²) in [6.07, 6.45) is 3.28. The highest BCUT2D eigenvalue weighted by molar-refractivity contribution is 7.26. The quantitative estimate of drug-likeness (QED) is 0.0938. The van der Waals surface area contributed by atoms with Crippen molar-refractivity contribution in [2.24, 2.45) is 15.0 Å². The van der Waals surface area contributed by atoms with Crippen LogP contribution in [0, 0.1) is 0 Å². The summed E-state index contributed by atoms with van der Waals surface area (Å²) in [6, 6.07) is 49.1. The molecule has 8 aromatic rings. The van der Waals surface area contributed by atoms with Gasteiger partial charge in [0.25, 0.3) is 0 Å². The first kappa shape index (κ1) is 35.2. The van der Waals surface area contributed by atoms with Gasteiger partial charge in [0.15, 0.2) is 11.7 Å². The highest BCUT2D eigenvalue weighted by Gasteiger charge is 2.20. The van der Waals surface area contributed by atoms with Crippen LogP contribution < -0.4 is 0 Å². The van der Waals surface area contributed by atoms with Gasteiger partial charge in [-0.2, -0.15) is 0 Å². The largest absolute Gasteiger partial charge is 0.319 e. The maximum atomic E-state index is 5.24. The fourth-order valence-corrected chi connectivity index (χ4v) is 7.88. The van der Waals surface area contributed by atoms with Gasteiger partial charge in [-0.25, -0.2) is 15.0 Å². The molecule has 0 radical (unpaired) electrons. The highest BCUT2D eigenvalue weighted by Crippen LogP contribution is 2.43. The number of thiophene rings is 1. The van der Waals surface area contributed by atoms with Crippen molar-refractivity contribution < 1.29 is 0 Å². The summed E-state index contributed by atoms with van der Waals surface area (Å²) in [5, 5.41) is 5.02. The summed E-state index contributed by atoms with van der Waals surface area (Å²) in [7, 11) is 0. The number of hydrogen-bond donors (Lipinski definition) is 0. The van der Waals surface area contributed by atoms with Crippen LogP contribution in [-0.2, 0) is 12.1 Å². The first-order valence-electron chi connectivity index (χ1n) is 17.7. The van der Waals surface area contributed by atoms with Gasteiger partial charge >= 0.3 is 0 Å². The summed E-state index contributed by atoms with van der Waals surface area (Å²) in [6.45, 7) is 17.8. The predicted molar refractivity (Wildman–Crippen MR) is 232 cm³/mol. The van der Waals surface area contributed by atoms with Gasteiger partial charge in [-0.05, 0) is 53.1 Å². The molecule has 0 amide bonds. The Morgan fingerprint density at radius 2 is 1.26 bits per heavy atom. The van der Waals surface area contributed by atoms with E-state index in [0.29, 0.717) is 18.3 Å². The zero-order valence-electron chi connectivity index (χ0n) is 30.5. The third kappa shape index (κ3) is 7.17. The zero-order chi connectivity index (χ0) is 37.0. The third-order valence-corrected chi connectivity index (χ3v) is 10.6. The molecule has 2 aromatic heterocycles. The molecule has 0 spiro atoms. The molecule has 6 aromatic carbocycles. The van der Waals surface area contributed by atoms with Crippen molar-refractivity contribution in [3.63, 3.8) is 0 Å². The van der Waals surface area contributed by atoms with Crippen molar-refractivity contribution >= 4 is 71.7 Å². The molecule has 0 atom stereocenters. The van der Waals surface area contributed by atoms with Gasteiger partial charge in [-0.15, -0.1) is 11.3 Å². The Morgan fingerprint density at radius 3 is 1.89 bits per heavy atom. The molecule has 0 unspecified atom stereocenters. The zero-order valence-corrected chi connectivity index (χ0v) is 31.3. The molecule has 4 nitrogen and oxygen atoms in total. The lowest BCUT2D eigenvalue weighted by molar-refractivity contribution is 0.591. The molecule has 5 heteroatoms. The second-order valence-corrected chi connectivity index (χ2v) is 14.9. The number of hydrogen-bond acceptors (Lipinski definition) is 2. The van der Waals surface area contributed by atoms with Crippen molar-refractivity contribution in [2.75, 3.05) is 0 Å². The number of allylic oxidation sites excluding steroid dienone is 2. The van der Waals surface area contributed by atoms with Crippen LogP contribution in [0.3, 0.4) is 0 Å². The normalized spacial score (nSPS) is 12.2. The second kappa shape index (κ2) is 15.2. The average Bonchev–Trinajstić information content (AvgIpc) is 3.73. The van der Waals surface area contributed by atoms with Crippen molar-refractivity contribution in [1.82, 2.24) is 4.57 Å². The van der Waals surface area contributed by atoms with E-state index in [1.165, 1.54) is 53.2 Å².